The van der Waals surface area contributed by atoms with Crippen molar-refractivity contribution in [2.75, 3.05) is 5.32 Å². The van der Waals surface area contributed by atoms with E-state index in [2.05, 4.69) is 10.5 Å². The van der Waals surface area contributed by atoms with Crippen molar-refractivity contribution in [2.45, 2.75) is 26.4 Å². The highest BCUT2D eigenvalue weighted by molar-refractivity contribution is 5.93. The van der Waals surface area contributed by atoms with Crippen molar-refractivity contribution in [3.63, 3.8) is 0 Å². The minimum atomic E-state index is -4.52. The second kappa shape index (κ2) is 5.59. The molecule has 1 amide bonds. The Labute approximate surface area is 118 Å². The van der Waals surface area contributed by atoms with Crippen LogP contribution < -0.4 is 5.32 Å². The summed E-state index contributed by atoms with van der Waals surface area (Å²) in [4.78, 5) is 11.9. The summed E-state index contributed by atoms with van der Waals surface area (Å²) in [5.74, 6) is -0.0761. The van der Waals surface area contributed by atoms with E-state index in [0.717, 1.165) is 6.07 Å². The van der Waals surface area contributed by atoms with Gasteiger partial charge < -0.3 is 9.84 Å². The molecule has 0 aliphatic carbocycles. The lowest BCUT2D eigenvalue weighted by Gasteiger charge is -2.13. The Hall–Kier alpha value is -2.31. The number of aromatic nitrogens is 1. The lowest BCUT2D eigenvalue weighted by molar-refractivity contribution is -0.137. The van der Waals surface area contributed by atoms with Gasteiger partial charge in [0.15, 0.2) is 0 Å². The topological polar surface area (TPSA) is 55.1 Å². The molecule has 1 N–H and O–H groups in total. The Balaban J connectivity index is 2.18. The molecule has 0 saturated heterocycles. The summed E-state index contributed by atoms with van der Waals surface area (Å²) < 4.78 is 43.4. The lowest BCUT2D eigenvalue weighted by atomic mass is 10.1. The molecule has 112 valence electrons. The molecule has 0 aliphatic rings. The monoisotopic (exact) mass is 298 g/mol. The quantitative estimate of drug-likeness (QED) is 0.943. The molecule has 1 aromatic heterocycles. The zero-order valence-electron chi connectivity index (χ0n) is 11.4. The van der Waals surface area contributed by atoms with Crippen molar-refractivity contribution in [3.05, 3.63) is 46.8 Å². The van der Waals surface area contributed by atoms with E-state index in [-0.39, 0.29) is 12.1 Å². The van der Waals surface area contributed by atoms with Crippen LogP contribution in [0.5, 0.6) is 0 Å². The Kier molecular flexibility index (Phi) is 4.02. The van der Waals surface area contributed by atoms with Gasteiger partial charge in [-0.25, -0.2) is 0 Å². The minimum Gasteiger partial charge on any atom is -0.361 e. The van der Waals surface area contributed by atoms with Crippen LogP contribution in [-0.2, 0) is 17.4 Å². The number of nitrogens with zero attached hydrogens (tertiary/aromatic N) is 1. The van der Waals surface area contributed by atoms with Crippen LogP contribution in [0, 0.1) is 13.8 Å². The van der Waals surface area contributed by atoms with E-state index in [1.54, 1.807) is 13.8 Å². The molecule has 0 fully saturated rings. The first kappa shape index (κ1) is 15.1. The van der Waals surface area contributed by atoms with E-state index in [1.165, 1.54) is 18.2 Å². The highest BCUT2D eigenvalue weighted by Gasteiger charge is 2.33. The van der Waals surface area contributed by atoms with Gasteiger partial charge in [-0.2, -0.15) is 13.2 Å². The maximum absolute atomic E-state index is 12.8. The molecule has 0 radical (unpaired) electrons. The van der Waals surface area contributed by atoms with Gasteiger partial charge in [0.1, 0.15) is 5.76 Å². The highest BCUT2D eigenvalue weighted by atomic mass is 19.4. The van der Waals surface area contributed by atoms with E-state index in [4.69, 9.17) is 4.52 Å². The van der Waals surface area contributed by atoms with Gasteiger partial charge in [-0.1, -0.05) is 17.3 Å². The van der Waals surface area contributed by atoms with Gasteiger partial charge in [-0.3, -0.25) is 4.79 Å². The van der Waals surface area contributed by atoms with Gasteiger partial charge in [0, 0.05) is 5.56 Å². The average Bonchev–Trinajstić information content (AvgIpc) is 2.70. The number of hydrogen-bond donors (Lipinski definition) is 1. The number of carbonyl (C=O) groups excluding carboxylic acids is 1. The molecule has 7 heteroatoms. The van der Waals surface area contributed by atoms with Crippen LogP contribution >= 0.6 is 0 Å². The molecule has 2 aromatic rings. The minimum absolute atomic E-state index is 0.0899. The number of alkyl halides is 3. The largest absolute Gasteiger partial charge is 0.418 e. The first-order valence-corrected chi connectivity index (χ1v) is 6.17. The molecular weight excluding hydrogens is 285 g/mol. The summed E-state index contributed by atoms with van der Waals surface area (Å²) in [6, 6.07) is 4.84. The standard InChI is InChI=1S/C14H13F3N2O2/c1-8-10(9(2)21-19-8)7-13(20)18-12-6-4-3-5-11(12)14(15,16)17/h3-6H,7H2,1-2H3,(H,18,20). The maximum atomic E-state index is 12.8. The van der Waals surface area contributed by atoms with Gasteiger partial charge in [-0.05, 0) is 26.0 Å². The predicted octanol–water partition coefficient (Wildman–Crippen LogP) is 3.49. The number of carbonyl (C=O) groups is 1. The number of amides is 1. The van der Waals surface area contributed by atoms with E-state index in [0.29, 0.717) is 17.0 Å². The Bertz CT molecular complexity index is 643. The zero-order chi connectivity index (χ0) is 15.6. The number of nitrogens with one attached hydrogen (secondary N) is 1. The number of rotatable bonds is 3. The van der Waals surface area contributed by atoms with Crippen LogP contribution in [0.25, 0.3) is 0 Å². The predicted molar refractivity (Wildman–Crippen MR) is 69.8 cm³/mol. The van der Waals surface area contributed by atoms with Gasteiger partial charge in [0.25, 0.3) is 0 Å². The third-order valence-electron chi connectivity index (χ3n) is 3.03. The van der Waals surface area contributed by atoms with Gasteiger partial charge in [0.05, 0.1) is 23.4 Å². The number of hydrogen-bond acceptors (Lipinski definition) is 3. The first-order valence-electron chi connectivity index (χ1n) is 6.17. The molecule has 1 aromatic carbocycles. The molecule has 0 unspecified atom stereocenters. The zero-order valence-corrected chi connectivity index (χ0v) is 11.4. The van der Waals surface area contributed by atoms with E-state index >= 15 is 0 Å². The molecular formula is C14H13F3N2O2. The molecule has 0 spiro atoms. The van der Waals surface area contributed by atoms with Crippen LogP contribution in [0.3, 0.4) is 0 Å². The van der Waals surface area contributed by atoms with Crippen LogP contribution in [0.2, 0.25) is 0 Å². The van der Waals surface area contributed by atoms with Crippen molar-refractivity contribution in [3.8, 4) is 0 Å². The van der Waals surface area contributed by atoms with Crippen molar-refractivity contribution in [1.29, 1.82) is 0 Å². The molecule has 0 atom stereocenters. The number of anilines is 1. The lowest BCUT2D eigenvalue weighted by Crippen LogP contribution is -2.18. The van der Waals surface area contributed by atoms with Gasteiger partial charge >= 0.3 is 6.18 Å². The van der Waals surface area contributed by atoms with Crippen LogP contribution in [-0.4, -0.2) is 11.1 Å². The number of para-hydroxylation sites is 1. The van der Waals surface area contributed by atoms with E-state index in [9.17, 15) is 18.0 Å². The molecule has 2 rings (SSSR count). The fourth-order valence-corrected chi connectivity index (χ4v) is 1.95. The number of halogens is 3. The molecule has 0 saturated carbocycles. The Morgan fingerprint density at radius 2 is 1.95 bits per heavy atom. The molecule has 4 nitrogen and oxygen atoms in total. The summed E-state index contributed by atoms with van der Waals surface area (Å²) in [6.07, 6.45) is -4.61. The summed E-state index contributed by atoms with van der Waals surface area (Å²) >= 11 is 0. The number of benzene rings is 1. The summed E-state index contributed by atoms with van der Waals surface area (Å²) in [6.45, 7) is 3.31. The fraction of sp³-hybridized carbons (Fsp3) is 0.286. The molecule has 1 heterocycles. The first-order chi connectivity index (χ1) is 9.79. The Morgan fingerprint density at radius 1 is 1.29 bits per heavy atom. The third kappa shape index (κ3) is 3.42. The van der Waals surface area contributed by atoms with Crippen LogP contribution in [0.4, 0.5) is 18.9 Å². The summed E-state index contributed by atoms with van der Waals surface area (Å²) in [5, 5.41) is 5.98. The number of aryl methyl sites for hydroxylation is 2. The van der Waals surface area contributed by atoms with Gasteiger partial charge in [-0.15, -0.1) is 0 Å². The Morgan fingerprint density at radius 3 is 2.52 bits per heavy atom. The molecule has 0 bridgehead atoms. The SMILES string of the molecule is Cc1noc(C)c1CC(=O)Nc1ccccc1C(F)(F)F. The second-order valence-corrected chi connectivity index (χ2v) is 4.57. The summed E-state index contributed by atoms with van der Waals surface area (Å²) in [7, 11) is 0. The van der Waals surface area contributed by atoms with Crippen molar-refractivity contribution in [2.24, 2.45) is 0 Å². The van der Waals surface area contributed by atoms with E-state index < -0.39 is 17.6 Å². The van der Waals surface area contributed by atoms with Crippen molar-refractivity contribution >= 4 is 11.6 Å². The second-order valence-electron chi connectivity index (χ2n) is 4.57. The van der Waals surface area contributed by atoms with Crippen LogP contribution in [0.15, 0.2) is 28.8 Å². The normalized spacial score (nSPS) is 11.5. The molecule has 0 aliphatic heterocycles. The smallest absolute Gasteiger partial charge is 0.361 e. The maximum Gasteiger partial charge on any atom is 0.418 e. The average molecular weight is 298 g/mol. The third-order valence-corrected chi connectivity index (χ3v) is 3.03. The van der Waals surface area contributed by atoms with Gasteiger partial charge in [0.2, 0.25) is 5.91 Å². The van der Waals surface area contributed by atoms with Crippen molar-refractivity contribution in [1.82, 2.24) is 5.16 Å². The summed E-state index contributed by atoms with van der Waals surface area (Å²) in [5.41, 5.74) is -0.0115. The highest BCUT2D eigenvalue weighted by Crippen LogP contribution is 2.34. The fourth-order valence-electron chi connectivity index (χ4n) is 1.95. The van der Waals surface area contributed by atoms with E-state index in [1.807, 2.05) is 0 Å². The van der Waals surface area contributed by atoms with Crippen molar-refractivity contribution < 1.29 is 22.5 Å². The molecule has 21 heavy (non-hydrogen) atoms. The van der Waals surface area contributed by atoms with Crippen LogP contribution in [0.1, 0.15) is 22.6 Å².